The molecule has 2 unspecified atom stereocenters. The van der Waals surface area contributed by atoms with Crippen molar-refractivity contribution in [2.75, 3.05) is 4.90 Å². The lowest BCUT2D eigenvalue weighted by molar-refractivity contribution is -0.122. The third-order valence-corrected chi connectivity index (χ3v) is 4.36. The van der Waals surface area contributed by atoms with Gasteiger partial charge in [0.05, 0.1) is 17.5 Å². The van der Waals surface area contributed by atoms with E-state index < -0.39 is 0 Å². The van der Waals surface area contributed by atoms with E-state index in [9.17, 15) is 14.4 Å². The first-order valence-corrected chi connectivity index (χ1v) is 7.13. The number of benzene rings is 1. The van der Waals surface area contributed by atoms with Gasteiger partial charge in [-0.15, -0.1) is 0 Å². The lowest BCUT2D eigenvalue weighted by Crippen LogP contribution is -2.30. The third kappa shape index (κ3) is 2.20. The van der Waals surface area contributed by atoms with Crippen LogP contribution in [0.4, 0.5) is 5.69 Å². The summed E-state index contributed by atoms with van der Waals surface area (Å²) < 4.78 is 0. The normalized spacial score (nSPS) is 24.9. The lowest BCUT2D eigenvalue weighted by Gasteiger charge is -2.18. The third-order valence-electron chi connectivity index (χ3n) is 4.36. The van der Waals surface area contributed by atoms with Crippen LogP contribution in [-0.2, 0) is 9.59 Å². The first kappa shape index (κ1) is 13.7. The summed E-state index contributed by atoms with van der Waals surface area (Å²) in [6.07, 6.45) is 3.36. The number of nitrogens with zero attached hydrogens (tertiary/aromatic N) is 1. The molecule has 21 heavy (non-hydrogen) atoms. The van der Waals surface area contributed by atoms with Gasteiger partial charge in [-0.05, 0) is 51.0 Å². The molecule has 0 spiro atoms. The summed E-state index contributed by atoms with van der Waals surface area (Å²) in [7, 11) is 0. The second kappa shape index (κ2) is 4.95. The van der Waals surface area contributed by atoms with Crippen molar-refractivity contribution in [2.45, 2.75) is 26.7 Å². The van der Waals surface area contributed by atoms with Crippen LogP contribution in [0.1, 0.15) is 37.0 Å². The molecule has 3 rings (SSSR count). The average Bonchev–Trinajstić information content (AvgIpc) is 2.70. The Hall–Kier alpha value is -2.23. The zero-order valence-electron chi connectivity index (χ0n) is 12.1. The maximum atomic E-state index is 12.5. The molecule has 2 aliphatic rings. The number of fused-ring (bicyclic) bond motifs is 1. The van der Waals surface area contributed by atoms with Gasteiger partial charge in [0, 0.05) is 5.56 Å². The fourth-order valence-corrected chi connectivity index (χ4v) is 3.14. The van der Waals surface area contributed by atoms with Crippen LogP contribution in [0.25, 0.3) is 0 Å². The topological polar surface area (TPSA) is 54.5 Å². The van der Waals surface area contributed by atoms with Gasteiger partial charge in [-0.2, -0.15) is 0 Å². The van der Waals surface area contributed by atoms with Gasteiger partial charge in [0.15, 0.2) is 5.78 Å². The minimum absolute atomic E-state index is 0.0332. The minimum Gasteiger partial charge on any atom is -0.295 e. The van der Waals surface area contributed by atoms with Crippen LogP contribution >= 0.6 is 0 Å². The summed E-state index contributed by atoms with van der Waals surface area (Å²) in [4.78, 5) is 37.6. The van der Waals surface area contributed by atoms with E-state index in [1.54, 1.807) is 24.3 Å². The number of hydrogen-bond acceptors (Lipinski definition) is 3. The second-order valence-electron chi connectivity index (χ2n) is 5.82. The molecule has 1 heterocycles. The monoisotopic (exact) mass is 283 g/mol. The number of carbonyl (C=O) groups excluding carboxylic acids is 3. The zero-order chi connectivity index (χ0) is 15.1. The predicted octanol–water partition coefficient (Wildman–Crippen LogP) is 2.73. The van der Waals surface area contributed by atoms with Crippen molar-refractivity contribution < 1.29 is 14.4 Å². The molecule has 1 aliphatic carbocycles. The number of ketones is 1. The van der Waals surface area contributed by atoms with Crippen LogP contribution in [-0.4, -0.2) is 17.6 Å². The Morgan fingerprint density at radius 2 is 1.71 bits per heavy atom. The fourth-order valence-electron chi connectivity index (χ4n) is 3.14. The average molecular weight is 283 g/mol. The highest BCUT2D eigenvalue weighted by molar-refractivity contribution is 6.22. The molecule has 0 radical (unpaired) electrons. The number of rotatable bonds is 2. The van der Waals surface area contributed by atoms with Gasteiger partial charge in [-0.1, -0.05) is 11.6 Å². The molecule has 4 heteroatoms. The highest BCUT2D eigenvalue weighted by Crippen LogP contribution is 2.39. The first-order valence-electron chi connectivity index (χ1n) is 7.13. The Kier molecular flexibility index (Phi) is 3.24. The van der Waals surface area contributed by atoms with Crippen LogP contribution in [0.5, 0.6) is 0 Å². The van der Waals surface area contributed by atoms with Crippen LogP contribution in [0, 0.1) is 11.8 Å². The number of imide groups is 1. The number of carbonyl (C=O) groups is 3. The molecule has 1 aromatic rings. The largest absolute Gasteiger partial charge is 0.295 e. The second-order valence-corrected chi connectivity index (χ2v) is 5.82. The summed E-state index contributed by atoms with van der Waals surface area (Å²) in [5.74, 6) is -0.727. The Bertz CT molecular complexity index is 657. The molecule has 1 fully saturated rings. The van der Waals surface area contributed by atoms with E-state index in [1.165, 1.54) is 17.4 Å². The Balaban J connectivity index is 1.91. The predicted molar refractivity (Wildman–Crippen MR) is 78.9 cm³/mol. The maximum absolute atomic E-state index is 12.5. The SMILES string of the molecule is CC(=O)c1ccc(N2C(=O)C3CC=C(C)CC3C2=O)cc1. The van der Waals surface area contributed by atoms with Gasteiger partial charge >= 0.3 is 0 Å². The Morgan fingerprint density at radius 1 is 1.10 bits per heavy atom. The fraction of sp³-hybridized carbons (Fsp3) is 0.353. The van der Waals surface area contributed by atoms with Crippen LogP contribution in [0.2, 0.25) is 0 Å². The maximum Gasteiger partial charge on any atom is 0.238 e. The number of anilines is 1. The first-order chi connectivity index (χ1) is 9.99. The van der Waals surface area contributed by atoms with E-state index in [0.717, 1.165) is 0 Å². The summed E-state index contributed by atoms with van der Waals surface area (Å²) in [5, 5.41) is 0. The molecule has 1 aromatic carbocycles. The Morgan fingerprint density at radius 3 is 2.33 bits per heavy atom. The summed E-state index contributed by atoms with van der Waals surface area (Å²) in [6.45, 7) is 3.49. The minimum atomic E-state index is -0.228. The van der Waals surface area contributed by atoms with Crippen molar-refractivity contribution in [3.8, 4) is 0 Å². The van der Waals surface area contributed by atoms with Crippen molar-refractivity contribution in [3.05, 3.63) is 41.5 Å². The van der Waals surface area contributed by atoms with E-state index in [0.29, 0.717) is 24.1 Å². The van der Waals surface area contributed by atoms with Gasteiger partial charge in [-0.3, -0.25) is 19.3 Å². The van der Waals surface area contributed by atoms with Crippen molar-refractivity contribution >= 4 is 23.3 Å². The number of allylic oxidation sites excluding steroid dienone is 2. The standard InChI is InChI=1S/C17H17NO3/c1-10-3-8-14-15(9-10)17(21)18(16(14)20)13-6-4-12(5-7-13)11(2)19/h3-7,14-15H,8-9H2,1-2H3. The molecule has 2 atom stereocenters. The van der Waals surface area contributed by atoms with Crippen molar-refractivity contribution in [1.82, 2.24) is 0 Å². The Labute approximate surface area is 123 Å². The number of hydrogen-bond donors (Lipinski definition) is 0. The molecule has 1 aliphatic heterocycles. The molecule has 0 aromatic heterocycles. The van der Waals surface area contributed by atoms with E-state index in [4.69, 9.17) is 0 Å². The van der Waals surface area contributed by atoms with Crippen LogP contribution < -0.4 is 4.90 Å². The lowest BCUT2D eigenvalue weighted by atomic mass is 9.82. The van der Waals surface area contributed by atoms with Gasteiger partial charge in [0.25, 0.3) is 0 Å². The highest BCUT2D eigenvalue weighted by atomic mass is 16.2. The molecular formula is C17H17NO3. The molecule has 0 N–H and O–H groups in total. The van der Waals surface area contributed by atoms with E-state index in [2.05, 4.69) is 6.08 Å². The van der Waals surface area contributed by atoms with Crippen molar-refractivity contribution in [3.63, 3.8) is 0 Å². The van der Waals surface area contributed by atoms with Gasteiger partial charge in [0.1, 0.15) is 0 Å². The summed E-state index contributed by atoms with van der Waals surface area (Å²) >= 11 is 0. The van der Waals surface area contributed by atoms with E-state index >= 15 is 0 Å². The number of amides is 2. The zero-order valence-corrected chi connectivity index (χ0v) is 12.1. The molecule has 4 nitrogen and oxygen atoms in total. The van der Waals surface area contributed by atoms with Gasteiger partial charge < -0.3 is 0 Å². The quantitative estimate of drug-likeness (QED) is 0.476. The molecule has 108 valence electrons. The molecule has 1 saturated heterocycles. The number of Topliss-reactive ketones (excluding diaryl/α,β-unsaturated/α-hetero) is 1. The highest BCUT2D eigenvalue weighted by Gasteiger charge is 2.48. The summed E-state index contributed by atoms with van der Waals surface area (Å²) in [6, 6.07) is 6.65. The molecular weight excluding hydrogens is 266 g/mol. The smallest absolute Gasteiger partial charge is 0.238 e. The van der Waals surface area contributed by atoms with Crippen molar-refractivity contribution in [2.24, 2.45) is 11.8 Å². The van der Waals surface area contributed by atoms with Gasteiger partial charge in [-0.25, -0.2) is 0 Å². The van der Waals surface area contributed by atoms with Crippen molar-refractivity contribution in [1.29, 1.82) is 0 Å². The van der Waals surface area contributed by atoms with Gasteiger partial charge in [0.2, 0.25) is 11.8 Å². The molecule has 0 saturated carbocycles. The molecule has 2 amide bonds. The summed E-state index contributed by atoms with van der Waals surface area (Å²) in [5.41, 5.74) is 2.31. The van der Waals surface area contributed by atoms with E-state index in [-0.39, 0.29) is 29.4 Å². The van der Waals surface area contributed by atoms with Crippen LogP contribution in [0.3, 0.4) is 0 Å². The van der Waals surface area contributed by atoms with E-state index in [1.807, 2.05) is 6.92 Å². The van der Waals surface area contributed by atoms with Crippen LogP contribution in [0.15, 0.2) is 35.9 Å². The molecule has 0 bridgehead atoms.